The molecule has 0 radical (unpaired) electrons. The van der Waals surface area contributed by atoms with Gasteiger partial charge >= 0.3 is 0 Å². The molecule has 1 saturated heterocycles. The van der Waals surface area contributed by atoms with Crippen LogP contribution in [0.25, 0.3) is 0 Å². The van der Waals surface area contributed by atoms with Gasteiger partial charge in [0.15, 0.2) is 0 Å². The minimum absolute atomic E-state index is 0.0194. The largest absolute Gasteiger partial charge is 0.409 e. The number of hydrogen-bond acceptors (Lipinski definition) is 6. The summed E-state index contributed by atoms with van der Waals surface area (Å²) in [6, 6.07) is 0. The van der Waals surface area contributed by atoms with Crippen LogP contribution in [0, 0.1) is 5.41 Å². The second-order valence-electron chi connectivity index (χ2n) is 5.59. The summed E-state index contributed by atoms with van der Waals surface area (Å²) in [5.41, 5.74) is 4.65. The first kappa shape index (κ1) is 17.2. The molecule has 0 aromatic carbocycles. The van der Waals surface area contributed by atoms with E-state index in [9.17, 15) is 16.8 Å². The highest BCUT2D eigenvalue weighted by molar-refractivity contribution is 7.92. The van der Waals surface area contributed by atoms with Gasteiger partial charge in [0.1, 0.15) is 15.7 Å². The summed E-state index contributed by atoms with van der Waals surface area (Å²) in [5, 5.41) is 10.8. The van der Waals surface area contributed by atoms with E-state index in [2.05, 4.69) is 9.88 Å². The quantitative estimate of drug-likeness (QED) is 0.263. The zero-order valence-electron chi connectivity index (χ0n) is 11.5. The lowest BCUT2D eigenvalue weighted by Gasteiger charge is -2.26. The molecule has 20 heavy (non-hydrogen) atoms. The maximum absolute atomic E-state index is 12.1. The zero-order chi connectivity index (χ0) is 15.6. The van der Waals surface area contributed by atoms with Crippen molar-refractivity contribution in [2.24, 2.45) is 16.3 Å². The van der Waals surface area contributed by atoms with E-state index < -0.39 is 30.5 Å². The van der Waals surface area contributed by atoms with E-state index in [1.807, 2.05) is 0 Å². The van der Waals surface area contributed by atoms with Crippen LogP contribution in [-0.2, 0) is 19.9 Å². The first-order valence-corrected chi connectivity index (χ1v) is 9.54. The lowest BCUT2D eigenvalue weighted by Crippen LogP contribution is -2.46. The third-order valence-electron chi connectivity index (χ3n) is 3.46. The van der Waals surface area contributed by atoms with Crippen LogP contribution in [0.5, 0.6) is 0 Å². The summed E-state index contributed by atoms with van der Waals surface area (Å²) >= 11 is 0. The van der Waals surface area contributed by atoms with Gasteiger partial charge in [-0.2, -0.15) is 0 Å². The average molecular weight is 327 g/mol. The second-order valence-corrected chi connectivity index (χ2v) is 9.94. The Hall–Kier alpha value is -0.870. The van der Waals surface area contributed by atoms with Crippen molar-refractivity contribution in [3.05, 3.63) is 0 Å². The molecule has 8 nitrogen and oxygen atoms in total. The summed E-state index contributed by atoms with van der Waals surface area (Å²) in [5.74, 6) is -0.295. The maximum atomic E-state index is 12.1. The molecular weight excluding hydrogens is 306 g/mol. The van der Waals surface area contributed by atoms with Crippen molar-refractivity contribution in [1.29, 1.82) is 0 Å². The van der Waals surface area contributed by atoms with E-state index in [1.54, 1.807) is 13.8 Å². The van der Waals surface area contributed by atoms with Crippen LogP contribution >= 0.6 is 0 Å². The molecule has 0 aromatic rings. The Morgan fingerprint density at radius 3 is 2.35 bits per heavy atom. The Labute approximate surface area is 119 Å². The number of oxime groups is 1. The van der Waals surface area contributed by atoms with Gasteiger partial charge in [-0.1, -0.05) is 19.0 Å². The number of nitrogens with two attached hydrogens (primary N) is 1. The second kappa shape index (κ2) is 5.86. The number of nitrogens with zero attached hydrogens (tertiary/aromatic N) is 1. The number of rotatable bonds is 5. The van der Waals surface area contributed by atoms with Crippen molar-refractivity contribution in [3.8, 4) is 0 Å². The summed E-state index contributed by atoms with van der Waals surface area (Å²) in [4.78, 5) is 0. The highest BCUT2D eigenvalue weighted by Crippen LogP contribution is 2.20. The van der Waals surface area contributed by atoms with Crippen LogP contribution in [-0.4, -0.2) is 51.2 Å². The highest BCUT2D eigenvalue weighted by atomic mass is 32.2. The molecule has 0 spiro atoms. The summed E-state index contributed by atoms with van der Waals surface area (Å²) in [7, 11) is -6.72. The number of sulfonamides is 1. The third-order valence-corrected chi connectivity index (χ3v) is 7.07. The van der Waals surface area contributed by atoms with Gasteiger partial charge in [0, 0.05) is 12.0 Å². The number of nitrogens with one attached hydrogen (secondary N) is 1. The number of hydrogen-bond donors (Lipinski definition) is 3. The van der Waals surface area contributed by atoms with Crippen LogP contribution in [0.1, 0.15) is 26.7 Å². The van der Waals surface area contributed by atoms with E-state index >= 15 is 0 Å². The molecule has 1 aliphatic rings. The number of amidine groups is 1. The van der Waals surface area contributed by atoms with Crippen LogP contribution in [0.2, 0.25) is 0 Å². The summed E-state index contributed by atoms with van der Waals surface area (Å²) in [6.07, 6.45) is 0.198. The summed E-state index contributed by atoms with van der Waals surface area (Å²) in [6.45, 7) is 3.25. The van der Waals surface area contributed by atoms with Gasteiger partial charge in [-0.25, -0.2) is 21.6 Å². The summed E-state index contributed by atoms with van der Waals surface area (Å²) < 4.78 is 49.2. The Morgan fingerprint density at radius 1 is 1.40 bits per heavy atom. The molecule has 1 heterocycles. The maximum Gasteiger partial charge on any atom is 0.214 e. The van der Waals surface area contributed by atoms with Crippen molar-refractivity contribution in [2.75, 3.05) is 18.1 Å². The van der Waals surface area contributed by atoms with Crippen LogP contribution in [0.15, 0.2) is 5.16 Å². The van der Waals surface area contributed by atoms with E-state index in [0.29, 0.717) is 0 Å². The van der Waals surface area contributed by atoms with Crippen LogP contribution in [0.3, 0.4) is 0 Å². The minimum Gasteiger partial charge on any atom is -0.409 e. The molecule has 1 rings (SSSR count). The van der Waals surface area contributed by atoms with Crippen LogP contribution < -0.4 is 10.5 Å². The molecule has 0 atom stereocenters. The van der Waals surface area contributed by atoms with E-state index in [-0.39, 0.29) is 36.7 Å². The monoisotopic (exact) mass is 327 g/mol. The molecular formula is C10H21N3O5S2. The Kier molecular flexibility index (Phi) is 5.03. The Bertz CT molecular complexity index is 566. The predicted molar refractivity (Wildman–Crippen MR) is 75.8 cm³/mol. The van der Waals surface area contributed by atoms with Crippen molar-refractivity contribution >= 4 is 25.7 Å². The molecule has 1 fully saturated rings. The van der Waals surface area contributed by atoms with Crippen molar-refractivity contribution in [1.82, 2.24) is 4.72 Å². The molecule has 0 unspecified atom stereocenters. The molecule has 0 aliphatic carbocycles. The molecule has 0 saturated carbocycles. The molecule has 0 aromatic heterocycles. The van der Waals surface area contributed by atoms with E-state index in [4.69, 9.17) is 10.9 Å². The average Bonchev–Trinajstić information content (AvgIpc) is 2.35. The van der Waals surface area contributed by atoms with Gasteiger partial charge in [-0.05, 0) is 12.8 Å². The highest BCUT2D eigenvalue weighted by Gasteiger charge is 2.34. The third kappa shape index (κ3) is 4.32. The molecule has 0 bridgehead atoms. The smallest absolute Gasteiger partial charge is 0.214 e. The fraction of sp³-hybridized carbons (Fsp3) is 0.900. The standard InChI is InChI=1S/C10H21N3O5S2/c1-10(2,9(11)13-14)7-12-20(17,18)8-3-5-19(15,16)6-4-8/h8,12,14H,3-7H2,1-2H3,(H2,11,13). The zero-order valence-corrected chi connectivity index (χ0v) is 13.2. The van der Waals surface area contributed by atoms with Gasteiger partial charge in [-0.15, -0.1) is 0 Å². The van der Waals surface area contributed by atoms with Gasteiger partial charge in [0.25, 0.3) is 0 Å². The van der Waals surface area contributed by atoms with Gasteiger partial charge in [-0.3, -0.25) is 0 Å². The van der Waals surface area contributed by atoms with Gasteiger partial charge in [0.2, 0.25) is 10.0 Å². The van der Waals surface area contributed by atoms with Gasteiger partial charge < -0.3 is 10.9 Å². The molecule has 0 amide bonds. The molecule has 10 heteroatoms. The molecule has 4 N–H and O–H groups in total. The fourth-order valence-corrected chi connectivity index (χ4v) is 5.25. The van der Waals surface area contributed by atoms with Crippen molar-refractivity contribution in [3.63, 3.8) is 0 Å². The lowest BCUT2D eigenvalue weighted by molar-refractivity contribution is 0.307. The van der Waals surface area contributed by atoms with Crippen LogP contribution in [0.4, 0.5) is 0 Å². The topological polar surface area (TPSA) is 139 Å². The minimum atomic E-state index is -3.62. The van der Waals surface area contributed by atoms with Crippen molar-refractivity contribution < 1.29 is 22.0 Å². The Morgan fingerprint density at radius 2 is 1.90 bits per heavy atom. The number of sulfone groups is 1. The van der Waals surface area contributed by atoms with Gasteiger partial charge in [0.05, 0.1) is 16.8 Å². The normalized spacial score (nSPS) is 21.8. The molecule has 1 aliphatic heterocycles. The SMILES string of the molecule is CC(C)(CNS(=O)(=O)C1CCS(=O)(=O)CC1)C(N)=NO. The first-order valence-electron chi connectivity index (χ1n) is 6.17. The first-order chi connectivity index (χ1) is 9.00. The fourth-order valence-electron chi connectivity index (χ4n) is 1.80. The predicted octanol–water partition coefficient (Wildman–Crippen LogP) is -0.744. The van der Waals surface area contributed by atoms with E-state index in [1.165, 1.54) is 0 Å². The molecule has 118 valence electrons. The lowest BCUT2D eigenvalue weighted by atomic mass is 9.93. The Balaban J connectivity index is 2.68. The van der Waals surface area contributed by atoms with E-state index in [0.717, 1.165) is 0 Å². The van der Waals surface area contributed by atoms with Crippen molar-refractivity contribution in [2.45, 2.75) is 31.9 Å².